The average Bonchev–Trinajstić information content (AvgIpc) is 2.78. The fourth-order valence-electron chi connectivity index (χ4n) is 1.34. The van der Waals surface area contributed by atoms with Crippen LogP contribution >= 0.6 is 11.3 Å². The zero-order valence-electron chi connectivity index (χ0n) is 8.98. The summed E-state index contributed by atoms with van der Waals surface area (Å²) in [4.78, 5) is 10.2. The average molecular weight is 230 g/mol. The molecule has 0 aromatic carbocycles. The van der Waals surface area contributed by atoms with Gasteiger partial charge in [-0.2, -0.15) is 5.26 Å². The summed E-state index contributed by atoms with van der Waals surface area (Å²) in [6.45, 7) is 1.96. The molecular formula is C11H10N4S. The number of thiophene rings is 1. The maximum Gasteiger partial charge on any atom is 0.222 e. The SMILES string of the molecule is CNc1ncc(C)c(-c2ccc(C#N)s2)n1. The fourth-order valence-corrected chi connectivity index (χ4v) is 2.20. The molecule has 0 spiro atoms. The quantitative estimate of drug-likeness (QED) is 0.860. The van der Waals surface area contributed by atoms with Crippen LogP contribution < -0.4 is 5.32 Å². The van der Waals surface area contributed by atoms with Gasteiger partial charge in [-0.3, -0.25) is 0 Å². The number of anilines is 1. The summed E-state index contributed by atoms with van der Waals surface area (Å²) >= 11 is 1.44. The molecule has 0 amide bonds. The van der Waals surface area contributed by atoms with E-state index in [2.05, 4.69) is 21.4 Å². The van der Waals surface area contributed by atoms with E-state index in [1.807, 2.05) is 13.0 Å². The van der Waals surface area contributed by atoms with Crippen molar-refractivity contribution in [2.45, 2.75) is 6.92 Å². The monoisotopic (exact) mass is 230 g/mol. The van der Waals surface area contributed by atoms with Gasteiger partial charge in [-0.05, 0) is 24.6 Å². The molecule has 0 aliphatic carbocycles. The lowest BCUT2D eigenvalue weighted by molar-refractivity contribution is 1.13. The van der Waals surface area contributed by atoms with Crippen molar-refractivity contribution in [3.63, 3.8) is 0 Å². The Hall–Kier alpha value is -1.93. The van der Waals surface area contributed by atoms with Crippen LogP contribution in [-0.2, 0) is 0 Å². The lowest BCUT2D eigenvalue weighted by Gasteiger charge is -2.04. The topological polar surface area (TPSA) is 61.6 Å². The largest absolute Gasteiger partial charge is 0.357 e. The molecule has 1 N–H and O–H groups in total. The fraction of sp³-hybridized carbons (Fsp3) is 0.182. The van der Waals surface area contributed by atoms with Gasteiger partial charge >= 0.3 is 0 Å². The van der Waals surface area contributed by atoms with Gasteiger partial charge in [0.15, 0.2) is 0 Å². The van der Waals surface area contributed by atoms with E-state index < -0.39 is 0 Å². The molecule has 0 fully saturated rings. The third-order valence-electron chi connectivity index (χ3n) is 2.14. The van der Waals surface area contributed by atoms with Gasteiger partial charge in [-0.1, -0.05) is 0 Å². The Balaban J connectivity index is 2.50. The maximum absolute atomic E-state index is 8.78. The van der Waals surface area contributed by atoms with Crippen LogP contribution in [0.3, 0.4) is 0 Å². The van der Waals surface area contributed by atoms with Gasteiger partial charge in [0.1, 0.15) is 10.9 Å². The summed E-state index contributed by atoms with van der Waals surface area (Å²) in [5, 5.41) is 11.7. The highest BCUT2D eigenvalue weighted by atomic mass is 32.1. The Kier molecular flexibility index (Phi) is 2.84. The summed E-state index contributed by atoms with van der Waals surface area (Å²) in [5.74, 6) is 0.590. The predicted octanol–water partition coefficient (Wildman–Crippen LogP) is 2.43. The van der Waals surface area contributed by atoms with Crippen LogP contribution in [0.5, 0.6) is 0 Å². The summed E-state index contributed by atoms with van der Waals surface area (Å²) < 4.78 is 0. The van der Waals surface area contributed by atoms with Crippen molar-refractivity contribution in [3.05, 3.63) is 28.8 Å². The van der Waals surface area contributed by atoms with Crippen LogP contribution in [0.2, 0.25) is 0 Å². The smallest absolute Gasteiger partial charge is 0.222 e. The molecule has 5 heteroatoms. The maximum atomic E-state index is 8.78. The van der Waals surface area contributed by atoms with Gasteiger partial charge < -0.3 is 5.32 Å². The molecule has 0 saturated heterocycles. The zero-order chi connectivity index (χ0) is 11.5. The Morgan fingerprint density at radius 1 is 1.44 bits per heavy atom. The second kappa shape index (κ2) is 4.29. The highest BCUT2D eigenvalue weighted by molar-refractivity contribution is 7.16. The number of nitrogens with zero attached hydrogens (tertiary/aromatic N) is 3. The van der Waals surface area contributed by atoms with Crippen molar-refractivity contribution in [1.29, 1.82) is 5.26 Å². The molecule has 80 valence electrons. The van der Waals surface area contributed by atoms with Crippen LogP contribution in [0.15, 0.2) is 18.3 Å². The Morgan fingerprint density at radius 3 is 2.88 bits per heavy atom. The first-order valence-electron chi connectivity index (χ1n) is 4.76. The standard InChI is InChI=1S/C11H10N4S/c1-7-6-14-11(13-2)15-10(7)9-4-3-8(5-12)16-9/h3-4,6H,1-2H3,(H,13,14,15). The van der Waals surface area contributed by atoms with Crippen molar-refractivity contribution in [1.82, 2.24) is 9.97 Å². The van der Waals surface area contributed by atoms with Crippen molar-refractivity contribution >= 4 is 17.3 Å². The molecular weight excluding hydrogens is 220 g/mol. The first kappa shape index (κ1) is 10.6. The number of nitrogens with one attached hydrogen (secondary N) is 1. The number of aryl methyl sites for hydroxylation is 1. The summed E-state index contributed by atoms with van der Waals surface area (Å²) in [7, 11) is 1.78. The molecule has 2 aromatic rings. The van der Waals surface area contributed by atoms with Crippen molar-refractivity contribution < 1.29 is 0 Å². The lowest BCUT2D eigenvalue weighted by atomic mass is 10.2. The van der Waals surface area contributed by atoms with Gasteiger partial charge in [0, 0.05) is 13.2 Å². The second-order valence-electron chi connectivity index (χ2n) is 3.25. The first-order valence-corrected chi connectivity index (χ1v) is 5.58. The molecule has 0 radical (unpaired) electrons. The molecule has 0 aliphatic heterocycles. The van der Waals surface area contributed by atoms with Crippen LogP contribution in [-0.4, -0.2) is 17.0 Å². The number of nitriles is 1. The van der Waals surface area contributed by atoms with E-state index in [9.17, 15) is 0 Å². The third-order valence-corrected chi connectivity index (χ3v) is 3.14. The van der Waals surface area contributed by atoms with Crippen molar-refractivity contribution in [3.8, 4) is 16.6 Å². The van der Waals surface area contributed by atoms with Gasteiger partial charge in [-0.15, -0.1) is 11.3 Å². The summed E-state index contributed by atoms with van der Waals surface area (Å²) in [6.07, 6.45) is 1.78. The number of hydrogen-bond donors (Lipinski definition) is 1. The molecule has 2 rings (SSSR count). The van der Waals surface area contributed by atoms with Crippen molar-refractivity contribution in [2.24, 2.45) is 0 Å². The normalized spacial score (nSPS) is 9.81. The minimum Gasteiger partial charge on any atom is -0.357 e. The van der Waals surface area contributed by atoms with Gasteiger partial charge in [0.05, 0.1) is 10.6 Å². The Bertz CT molecular complexity index is 553. The molecule has 0 saturated carbocycles. The molecule has 2 aromatic heterocycles. The van der Waals surface area contributed by atoms with E-state index in [1.165, 1.54) is 11.3 Å². The van der Waals surface area contributed by atoms with Gasteiger partial charge in [0.2, 0.25) is 5.95 Å². The van der Waals surface area contributed by atoms with E-state index >= 15 is 0 Å². The Morgan fingerprint density at radius 2 is 2.25 bits per heavy atom. The van der Waals surface area contributed by atoms with E-state index in [4.69, 9.17) is 5.26 Å². The molecule has 0 unspecified atom stereocenters. The van der Waals surface area contributed by atoms with Gasteiger partial charge in [-0.25, -0.2) is 9.97 Å². The second-order valence-corrected chi connectivity index (χ2v) is 4.33. The minimum absolute atomic E-state index is 0.590. The molecule has 0 bridgehead atoms. The van der Waals surface area contributed by atoms with Crippen LogP contribution in [0, 0.1) is 18.3 Å². The molecule has 0 aliphatic rings. The lowest BCUT2D eigenvalue weighted by Crippen LogP contribution is -1.98. The predicted molar refractivity (Wildman–Crippen MR) is 64.3 cm³/mol. The van der Waals surface area contributed by atoms with E-state index in [-0.39, 0.29) is 0 Å². The number of rotatable bonds is 2. The van der Waals surface area contributed by atoms with E-state index in [0.717, 1.165) is 16.1 Å². The van der Waals surface area contributed by atoms with Crippen molar-refractivity contribution in [2.75, 3.05) is 12.4 Å². The van der Waals surface area contributed by atoms with Crippen LogP contribution in [0.4, 0.5) is 5.95 Å². The van der Waals surface area contributed by atoms with Crippen LogP contribution in [0.25, 0.3) is 10.6 Å². The molecule has 16 heavy (non-hydrogen) atoms. The zero-order valence-corrected chi connectivity index (χ0v) is 9.80. The third kappa shape index (κ3) is 1.88. The number of aromatic nitrogens is 2. The number of hydrogen-bond acceptors (Lipinski definition) is 5. The van der Waals surface area contributed by atoms with E-state index in [1.54, 1.807) is 19.3 Å². The molecule has 4 nitrogen and oxygen atoms in total. The molecule has 0 atom stereocenters. The summed E-state index contributed by atoms with van der Waals surface area (Å²) in [6, 6.07) is 5.85. The van der Waals surface area contributed by atoms with Gasteiger partial charge in [0.25, 0.3) is 0 Å². The van der Waals surface area contributed by atoms with Crippen LogP contribution in [0.1, 0.15) is 10.4 Å². The summed E-state index contributed by atoms with van der Waals surface area (Å²) in [5.41, 5.74) is 1.89. The Labute approximate surface area is 97.6 Å². The van der Waals surface area contributed by atoms with E-state index in [0.29, 0.717) is 10.8 Å². The molecule has 2 heterocycles. The minimum atomic E-state index is 0.590. The first-order chi connectivity index (χ1) is 7.74. The highest BCUT2D eigenvalue weighted by Gasteiger charge is 2.08. The highest BCUT2D eigenvalue weighted by Crippen LogP contribution is 2.28.